The minimum atomic E-state index is -3.84. The molecule has 0 spiro atoms. The summed E-state index contributed by atoms with van der Waals surface area (Å²) in [5.74, 6) is 0.384. The van der Waals surface area contributed by atoms with Crippen LogP contribution in [0.25, 0.3) is 0 Å². The average Bonchev–Trinajstić information content (AvgIpc) is 2.80. The minimum absolute atomic E-state index is 0.116. The standard InChI is InChI=1S/C24H25N2O4S/c27-24(25-17-10-18-30-21-13-6-2-7-14-21)23(19-20-11-4-1-5-12-20)26-31(28,29)22-15-8-3-9-16-22/h2-9,11-16,23,26H,10,17-19H2,(H,25,27). The molecule has 0 saturated heterocycles. The van der Waals surface area contributed by atoms with Crippen LogP contribution in [-0.2, 0) is 21.2 Å². The quantitative estimate of drug-likeness (QED) is 0.452. The van der Waals surface area contributed by atoms with Crippen molar-refractivity contribution in [2.75, 3.05) is 13.2 Å². The molecule has 2 N–H and O–H groups in total. The third kappa shape index (κ3) is 7.24. The average molecular weight is 438 g/mol. The Balaban J connectivity index is 1.59. The first-order valence-corrected chi connectivity index (χ1v) is 11.5. The molecule has 3 rings (SSSR count). The molecule has 0 fully saturated rings. The van der Waals surface area contributed by atoms with E-state index >= 15 is 0 Å². The van der Waals surface area contributed by atoms with Crippen LogP contribution in [0.15, 0.2) is 89.8 Å². The summed E-state index contributed by atoms with van der Waals surface area (Å²) in [5, 5.41) is 2.81. The van der Waals surface area contributed by atoms with E-state index in [0.29, 0.717) is 19.6 Å². The Kier molecular flexibility index (Phi) is 8.20. The zero-order valence-electron chi connectivity index (χ0n) is 17.0. The van der Waals surface area contributed by atoms with Crippen LogP contribution in [0.4, 0.5) is 0 Å². The van der Waals surface area contributed by atoms with Crippen molar-refractivity contribution < 1.29 is 17.9 Å². The molecule has 0 aliphatic carbocycles. The van der Waals surface area contributed by atoms with Crippen LogP contribution in [0.5, 0.6) is 5.75 Å². The van der Waals surface area contributed by atoms with E-state index in [1.807, 2.05) is 42.5 Å². The third-order valence-electron chi connectivity index (χ3n) is 4.53. The maximum atomic E-state index is 12.8. The first-order valence-electron chi connectivity index (χ1n) is 10.0. The third-order valence-corrected chi connectivity index (χ3v) is 6.01. The Hall–Kier alpha value is -3.16. The van der Waals surface area contributed by atoms with Gasteiger partial charge in [0, 0.05) is 6.54 Å². The van der Waals surface area contributed by atoms with Crippen LogP contribution in [0.1, 0.15) is 12.0 Å². The van der Waals surface area contributed by atoms with Crippen LogP contribution in [-0.4, -0.2) is 33.5 Å². The molecule has 0 aliphatic rings. The second-order valence-electron chi connectivity index (χ2n) is 6.91. The molecule has 1 radical (unpaired) electrons. The zero-order chi connectivity index (χ0) is 21.9. The van der Waals surface area contributed by atoms with E-state index in [2.05, 4.69) is 16.1 Å². The van der Waals surface area contributed by atoms with Crippen molar-refractivity contribution >= 4 is 15.9 Å². The molecule has 0 bridgehead atoms. The number of hydrogen-bond donors (Lipinski definition) is 2. The van der Waals surface area contributed by atoms with E-state index in [4.69, 9.17) is 4.74 Å². The Labute approximate surface area is 183 Å². The first kappa shape index (κ1) is 22.5. The first-order chi connectivity index (χ1) is 15.0. The number of sulfonamides is 1. The number of ether oxygens (including phenoxy) is 1. The lowest BCUT2D eigenvalue weighted by Crippen LogP contribution is -2.48. The predicted molar refractivity (Wildman–Crippen MR) is 119 cm³/mol. The number of para-hydroxylation sites is 1. The molecule has 1 atom stereocenters. The summed E-state index contributed by atoms with van der Waals surface area (Å²) in [4.78, 5) is 12.9. The van der Waals surface area contributed by atoms with Gasteiger partial charge in [-0.1, -0.05) is 60.7 Å². The van der Waals surface area contributed by atoms with Gasteiger partial charge >= 0.3 is 0 Å². The van der Waals surface area contributed by atoms with Crippen LogP contribution in [0, 0.1) is 6.07 Å². The van der Waals surface area contributed by atoms with Gasteiger partial charge in [0.1, 0.15) is 11.8 Å². The van der Waals surface area contributed by atoms with Crippen molar-refractivity contribution in [1.29, 1.82) is 0 Å². The van der Waals surface area contributed by atoms with Gasteiger partial charge in [-0.2, -0.15) is 4.72 Å². The molecule has 0 aliphatic heterocycles. The van der Waals surface area contributed by atoms with Crippen LogP contribution < -0.4 is 14.8 Å². The van der Waals surface area contributed by atoms with Gasteiger partial charge in [0.25, 0.3) is 0 Å². The van der Waals surface area contributed by atoms with E-state index in [9.17, 15) is 13.2 Å². The second kappa shape index (κ2) is 11.3. The van der Waals surface area contributed by atoms with E-state index in [0.717, 1.165) is 11.3 Å². The number of nitrogens with one attached hydrogen (secondary N) is 2. The van der Waals surface area contributed by atoms with E-state index in [1.165, 1.54) is 12.1 Å². The highest BCUT2D eigenvalue weighted by molar-refractivity contribution is 7.89. The normalized spacial score (nSPS) is 12.1. The maximum Gasteiger partial charge on any atom is 0.241 e. The molecule has 1 amide bonds. The lowest BCUT2D eigenvalue weighted by atomic mass is 10.1. The van der Waals surface area contributed by atoms with E-state index in [-0.39, 0.29) is 17.2 Å². The smallest absolute Gasteiger partial charge is 0.241 e. The van der Waals surface area contributed by atoms with Crippen molar-refractivity contribution in [3.05, 3.63) is 96.6 Å². The van der Waals surface area contributed by atoms with Crippen LogP contribution in [0.3, 0.4) is 0 Å². The van der Waals surface area contributed by atoms with Crippen molar-refractivity contribution in [2.24, 2.45) is 0 Å². The topological polar surface area (TPSA) is 84.5 Å². The van der Waals surface area contributed by atoms with E-state index < -0.39 is 16.1 Å². The molecule has 3 aromatic carbocycles. The summed E-state index contributed by atoms with van der Waals surface area (Å²) in [6, 6.07) is 26.5. The highest BCUT2D eigenvalue weighted by atomic mass is 32.2. The van der Waals surface area contributed by atoms with Crippen molar-refractivity contribution in [3.63, 3.8) is 0 Å². The molecular weight excluding hydrogens is 412 g/mol. The zero-order valence-corrected chi connectivity index (χ0v) is 17.8. The van der Waals surface area contributed by atoms with Crippen molar-refractivity contribution in [3.8, 4) is 5.75 Å². The molecule has 31 heavy (non-hydrogen) atoms. The van der Waals surface area contributed by atoms with Crippen LogP contribution in [0.2, 0.25) is 0 Å². The van der Waals surface area contributed by atoms with Gasteiger partial charge < -0.3 is 10.1 Å². The van der Waals surface area contributed by atoms with Gasteiger partial charge in [-0.05, 0) is 48.7 Å². The van der Waals surface area contributed by atoms with Crippen molar-refractivity contribution in [1.82, 2.24) is 10.0 Å². The molecule has 1 unspecified atom stereocenters. The lowest BCUT2D eigenvalue weighted by Gasteiger charge is -2.19. The molecule has 7 heteroatoms. The monoisotopic (exact) mass is 437 g/mol. The molecule has 6 nitrogen and oxygen atoms in total. The molecule has 0 aromatic heterocycles. The summed E-state index contributed by atoms with van der Waals surface area (Å²) in [6.45, 7) is 0.816. The predicted octanol–water partition coefficient (Wildman–Crippen LogP) is 2.96. The molecular formula is C24H25N2O4S. The summed E-state index contributed by atoms with van der Waals surface area (Å²) in [7, 11) is -3.84. The van der Waals surface area contributed by atoms with Gasteiger partial charge in [0.15, 0.2) is 0 Å². The molecule has 3 aromatic rings. The Morgan fingerprint density at radius 1 is 0.935 bits per heavy atom. The van der Waals surface area contributed by atoms with Gasteiger partial charge in [-0.25, -0.2) is 8.42 Å². The second-order valence-corrected chi connectivity index (χ2v) is 8.62. The minimum Gasteiger partial charge on any atom is -0.494 e. The van der Waals surface area contributed by atoms with Crippen LogP contribution >= 0.6 is 0 Å². The highest BCUT2D eigenvalue weighted by Gasteiger charge is 2.25. The molecule has 0 saturated carbocycles. The summed E-state index contributed by atoms with van der Waals surface area (Å²) < 4.78 is 33.7. The van der Waals surface area contributed by atoms with Gasteiger partial charge in [-0.3, -0.25) is 4.79 Å². The largest absolute Gasteiger partial charge is 0.494 e. The van der Waals surface area contributed by atoms with Gasteiger partial charge in [0.2, 0.25) is 15.9 Å². The SMILES string of the molecule is O=C(NCCCOc1ccccc1)C(Cc1cc[c]cc1)NS(=O)(=O)c1ccccc1. The lowest BCUT2D eigenvalue weighted by molar-refractivity contribution is -0.122. The Bertz CT molecular complexity index is 1040. The van der Waals surface area contributed by atoms with Crippen molar-refractivity contribution in [2.45, 2.75) is 23.8 Å². The number of amides is 1. The Morgan fingerprint density at radius 3 is 2.26 bits per heavy atom. The number of benzene rings is 3. The number of rotatable bonds is 11. The highest BCUT2D eigenvalue weighted by Crippen LogP contribution is 2.11. The summed E-state index contributed by atoms with van der Waals surface area (Å²) in [5.41, 5.74) is 0.835. The number of hydrogen-bond acceptors (Lipinski definition) is 4. The fourth-order valence-electron chi connectivity index (χ4n) is 2.95. The number of carbonyl (C=O) groups excluding carboxylic acids is 1. The molecule has 0 heterocycles. The fourth-order valence-corrected chi connectivity index (χ4v) is 4.17. The Morgan fingerprint density at radius 2 is 1.58 bits per heavy atom. The summed E-state index contributed by atoms with van der Waals surface area (Å²) >= 11 is 0. The molecule has 161 valence electrons. The van der Waals surface area contributed by atoms with Gasteiger partial charge in [0.05, 0.1) is 11.5 Å². The maximum absolute atomic E-state index is 12.8. The number of carbonyl (C=O) groups is 1. The fraction of sp³-hybridized carbons (Fsp3) is 0.208. The van der Waals surface area contributed by atoms with E-state index in [1.54, 1.807) is 30.3 Å². The summed E-state index contributed by atoms with van der Waals surface area (Å²) in [6.07, 6.45) is 0.826. The van der Waals surface area contributed by atoms with Gasteiger partial charge in [-0.15, -0.1) is 0 Å².